The standard InChI is InChI=1S/C16H11ClN2O/c17-12-5-7-13(8-6-12)19-9-11-10-20-15-4-2-1-3-14(15)16(11)18-19/h1-9H,10H2. The number of benzene rings is 2. The van der Waals surface area contributed by atoms with Gasteiger partial charge >= 0.3 is 0 Å². The van der Waals surface area contributed by atoms with Crippen molar-refractivity contribution in [3.63, 3.8) is 0 Å². The number of halogens is 1. The van der Waals surface area contributed by atoms with Gasteiger partial charge in [-0.05, 0) is 36.4 Å². The molecule has 1 aromatic heterocycles. The Morgan fingerprint density at radius 1 is 1.05 bits per heavy atom. The number of hydrogen-bond donors (Lipinski definition) is 0. The molecule has 1 aliphatic heterocycles. The lowest BCUT2D eigenvalue weighted by molar-refractivity contribution is 0.302. The van der Waals surface area contributed by atoms with Gasteiger partial charge in [-0.1, -0.05) is 23.7 Å². The largest absolute Gasteiger partial charge is 0.488 e. The van der Waals surface area contributed by atoms with Gasteiger partial charge in [0, 0.05) is 22.3 Å². The summed E-state index contributed by atoms with van der Waals surface area (Å²) in [5.74, 6) is 0.890. The smallest absolute Gasteiger partial charge is 0.129 e. The van der Waals surface area contributed by atoms with Crippen molar-refractivity contribution in [3.05, 3.63) is 65.3 Å². The number of ether oxygens (including phenoxy) is 1. The van der Waals surface area contributed by atoms with Gasteiger partial charge in [-0.25, -0.2) is 4.68 Å². The van der Waals surface area contributed by atoms with Crippen LogP contribution in [0.3, 0.4) is 0 Å². The number of fused-ring (bicyclic) bond motifs is 3. The summed E-state index contributed by atoms with van der Waals surface area (Å²) in [6.07, 6.45) is 2.01. The van der Waals surface area contributed by atoms with Crippen LogP contribution in [-0.4, -0.2) is 9.78 Å². The summed E-state index contributed by atoms with van der Waals surface area (Å²) in [5, 5.41) is 5.41. The van der Waals surface area contributed by atoms with Gasteiger partial charge in [-0.3, -0.25) is 0 Å². The van der Waals surface area contributed by atoms with E-state index in [2.05, 4.69) is 5.10 Å². The average molecular weight is 283 g/mol. The van der Waals surface area contributed by atoms with E-state index in [1.165, 1.54) is 0 Å². The van der Waals surface area contributed by atoms with Crippen LogP contribution in [0.4, 0.5) is 0 Å². The first-order chi connectivity index (χ1) is 9.81. The SMILES string of the molecule is Clc1ccc(-n2cc3c(n2)-c2ccccc2OC3)cc1. The summed E-state index contributed by atoms with van der Waals surface area (Å²) < 4.78 is 7.61. The van der Waals surface area contributed by atoms with Crippen molar-refractivity contribution >= 4 is 11.6 Å². The maximum absolute atomic E-state index is 5.92. The molecule has 3 aromatic rings. The highest BCUT2D eigenvalue weighted by Gasteiger charge is 2.20. The Labute approximate surface area is 121 Å². The minimum absolute atomic E-state index is 0.555. The molecule has 0 N–H and O–H groups in total. The van der Waals surface area contributed by atoms with Gasteiger partial charge in [-0.2, -0.15) is 5.10 Å². The van der Waals surface area contributed by atoms with E-state index in [0.29, 0.717) is 6.61 Å². The van der Waals surface area contributed by atoms with Crippen molar-refractivity contribution in [2.45, 2.75) is 6.61 Å². The molecular formula is C16H11ClN2O. The highest BCUT2D eigenvalue weighted by atomic mass is 35.5. The molecule has 2 heterocycles. The first-order valence-corrected chi connectivity index (χ1v) is 6.76. The molecule has 0 saturated heterocycles. The summed E-state index contributed by atoms with van der Waals surface area (Å²) in [4.78, 5) is 0. The zero-order chi connectivity index (χ0) is 13.5. The highest BCUT2D eigenvalue weighted by Crippen LogP contribution is 2.36. The predicted molar refractivity (Wildman–Crippen MR) is 78.3 cm³/mol. The second-order valence-corrected chi connectivity index (χ2v) is 5.15. The number of nitrogens with zero attached hydrogens (tertiary/aromatic N) is 2. The van der Waals surface area contributed by atoms with Gasteiger partial charge in [0.15, 0.2) is 0 Å². The first kappa shape index (κ1) is 11.6. The lowest BCUT2D eigenvalue weighted by atomic mass is 10.1. The third kappa shape index (κ3) is 1.79. The van der Waals surface area contributed by atoms with Crippen LogP contribution in [0, 0.1) is 0 Å². The molecule has 0 spiro atoms. The molecule has 0 aliphatic carbocycles. The fourth-order valence-corrected chi connectivity index (χ4v) is 2.54. The number of rotatable bonds is 1. The van der Waals surface area contributed by atoms with Crippen LogP contribution in [0.5, 0.6) is 5.75 Å². The van der Waals surface area contributed by atoms with Gasteiger partial charge in [-0.15, -0.1) is 0 Å². The molecule has 0 unspecified atom stereocenters. The number of aromatic nitrogens is 2. The molecule has 4 rings (SSSR count). The highest BCUT2D eigenvalue weighted by molar-refractivity contribution is 6.30. The average Bonchev–Trinajstić information content (AvgIpc) is 2.92. The molecule has 1 aliphatic rings. The van der Waals surface area contributed by atoms with E-state index in [9.17, 15) is 0 Å². The topological polar surface area (TPSA) is 27.1 Å². The monoisotopic (exact) mass is 282 g/mol. The van der Waals surface area contributed by atoms with Gasteiger partial charge < -0.3 is 4.74 Å². The maximum Gasteiger partial charge on any atom is 0.129 e. The van der Waals surface area contributed by atoms with Crippen LogP contribution in [0.1, 0.15) is 5.56 Å². The summed E-state index contributed by atoms with van der Waals surface area (Å²) in [7, 11) is 0. The third-order valence-corrected chi connectivity index (χ3v) is 3.66. The Bertz CT molecular complexity index is 777. The quantitative estimate of drug-likeness (QED) is 0.672. The lowest BCUT2D eigenvalue weighted by Crippen LogP contribution is -2.03. The minimum Gasteiger partial charge on any atom is -0.488 e. The Kier molecular flexibility index (Phi) is 2.54. The number of hydrogen-bond acceptors (Lipinski definition) is 2. The van der Waals surface area contributed by atoms with E-state index >= 15 is 0 Å². The van der Waals surface area contributed by atoms with E-state index in [-0.39, 0.29) is 0 Å². The second kappa shape index (κ2) is 4.39. The zero-order valence-electron chi connectivity index (χ0n) is 10.6. The molecule has 20 heavy (non-hydrogen) atoms. The van der Waals surface area contributed by atoms with E-state index in [0.717, 1.165) is 33.3 Å². The van der Waals surface area contributed by atoms with Crippen molar-refractivity contribution in [1.29, 1.82) is 0 Å². The summed E-state index contributed by atoms with van der Waals surface area (Å²) >= 11 is 5.92. The third-order valence-electron chi connectivity index (χ3n) is 3.41. The molecule has 4 heteroatoms. The van der Waals surface area contributed by atoms with E-state index in [4.69, 9.17) is 16.3 Å². The molecule has 0 fully saturated rings. The summed E-state index contributed by atoms with van der Waals surface area (Å²) in [5.41, 5.74) is 4.11. The molecule has 0 radical (unpaired) electrons. The maximum atomic E-state index is 5.92. The fourth-order valence-electron chi connectivity index (χ4n) is 2.41. The Balaban J connectivity index is 1.84. The molecule has 0 saturated carbocycles. The predicted octanol–water partition coefficient (Wildman–Crippen LogP) is 4.09. The van der Waals surface area contributed by atoms with Crippen LogP contribution < -0.4 is 4.74 Å². The van der Waals surface area contributed by atoms with Gasteiger partial charge in [0.05, 0.1) is 5.69 Å². The van der Waals surface area contributed by atoms with Gasteiger partial charge in [0.1, 0.15) is 18.1 Å². The normalized spacial score (nSPS) is 12.4. The van der Waals surface area contributed by atoms with E-state index < -0.39 is 0 Å². The summed E-state index contributed by atoms with van der Waals surface area (Å²) in [6, 6.07) is 15.6. The molecular weight excluding hydrogens is 272 g/mol. The number of para-hydroxylation sites is 1. The van der Waals surface area contributed by atoms with Gasteiger partial charge in [0.2, 0.25) is 0 Å². The fraction of sp³-hybridized carbons (Fsp3) is 0.0625. The minimum atomic E-state index is 0.555. The zero-order valence-corrected chi connectivity index (χ0v) is 11.3. The molecule has 0 amide bonds. The van der Waals surface area contributed by atoms with Crippen LogP contribution in [0.25, 0.3) is 16.9 Å². The van der Waals surface area contributed by atoms with Crippen molar-refractivity contribution in [2.75, 3.05) is 0 Å². The van der Waals surface area contributed by atoms with Crippen LogP contribution in [0.2, 0.25) is 5.02 Å². The van der Waals surface area contributed by atoms with Crippen molar-refractivity contribution < 1.29 is 4.74 Å². The molecule has 2 aromatic carbocycles. The lowest BCUT2D eigenvalue weighted by Gasteiger charge is -2.15. The summed E-state index contributed by atoms with van der Waals surface area (Å²) in [6.45, 7) is 0.555. The Hall–Kier alpha value is -2.26. The molecule has 0 atom stereocenters. The van der Waals surface area contributed by atoms with E-state index in [1.54, 1.807) is 0 Å². The van der Waals surface area contributed by atoms with Crippen LogP contribution >= 0.6 is 11.6 Å². The molecule has 98 valence electrons. The first-order valence-electron chi connectivity index (χ1n) is 6.38. The van der Waals surface area contributed by atoms with Crippen molar-refractivity contribution in [3.8, 4) is 22.7 Å². The van der Waals surface area contributed by atoms with Crippen LogP contribution in [-0.2, 0) is 6.61 Å². The Morgan fingerprint density at radius 3 is 2.70 bits per heavy atom. The van der Waals surface area contributed by atoms with Gasteiger partial charge in [0.25, 0.3) is 0 Å². The Morgan fingerprint density at radius 2 is 1.85 bits per heavy atom. The second-order valence-electron chi connectivity index (χ2n) is 4.71. The molecule has 0 bridgehead atoms. The van der Waals surface area contributed by atoms with Crippen molar-refractivity contribution in [1.82, 2.24) is 9.78 Å². The van der Waals surface area contributed by atoms with Crippen LogP contribution in [0.15, 0.2) is 54.7 Å². The molecule has 3 nitrogen and oxygen atoms in total. The van der Waals surface area contributed by atoms with Crippen molar-refractivity contribution in [2.24, 2.45) is 0 Å². The van der Waals surface area contributed by atoms with E-state index in [1.807, 2.05) is 59.4 Å².